The van der Waals surface area contributed by atoms with Gasteiger partial charge in [0.15, 0.2) is 0 Å². The first-order chi connectivity index (χ1) is 30.0. The van der Waals surface area contributed by atoms with E-state index in [9.17, 15) is 19.2 Å². The Labute approximate surface area is 454 Å². The fourth-order valence-corrected chi connectivity index (χ4v) is 6.47. The summed E-state index contributed by atoms with van der Waals surface area (Å²) in [6, 6.07) is 0. The van der Waals surface area contributed by atoms with Crippen LogP contribution in [0.2, 0.25) is 0 Å². The highest BCUT2D eigenvalue weighted by Gasteiger charge is 2.29. The molecule has 0 aromatic carbocycles. The number of hydrazone groups is 1. The van der Waals surface area contributed by atoms with Crippen LogP contribution in [0.15, 0.2) is 5.10 Å². The summed E-state index contributed by atoms with van der Waals surface area (Å²) < 4.78 is 21.6. The Kier molecular flexibility index (Phi) is 67.9. The number of hydrogen-bond acceptors (Lipinski definition) is 10. The summed E-state index contributed by atoms with van der Waals surface area (Å²) in [6.45, 7) is 27.9. The fourth-order valence-electron chi connectivity index (χ4n) is 6.47. The molecule has 0 saturated heterocycles. The molecule has 0 bridgehead atoms. The number of unbranched alkanes of at least 4 members (excludes halogenated alkanes) is 16. The van der Waals surface area contributed by atoms with Crippen molar-refractivity contribution in [3.8, 4) is 0 Å². The molecule has 0 atom stereocenters. The third-order valence-electron chi connectivity index (χ3n) is 13.3. The topological polar surface area (TPSA) is 121 Å². The van der Waals surface area contributed by atoms with Gasteiger partial charge in [0.2, 0.25) is 0 Å². The van der Waals surface area contributed by atoms with Crippen LogP contribution in [0.3, 0.4) is 0 Å². The van der Waals surface area contributed by atoms with E-state index in [1.165, 1.54) is 63.5 Å². The first-order valence-corrected chi connectivity index (χ1v) is 26.0. The lowest BCUT2D eigenvalue weighted by molar-refractivity contribution is -0.155. The van der Waals surface area contributed by atoms with Crippen LogP contribution in [0.4, 0.5) is 0 Å². The van der Waals surface area contributed by atoms with Crippen LogP contribution in [0.25, 0.3) is 0 Å². The van der Waals surface area contributed by atoms with Crippen molar-refractivity contribution >= 4 is 29.6 Å². The van der Waals surface area contributed by atoms with E-state index in [1.807, 2.05) is 102 Å². The van der Waals surface area contributed by atoms with Gasteiger partial charge in [0.05, 0.1) is 48.1 Å². The minimum Gasteiger partial charge on any atom is -0.465 e. The van der Waals surface area contributed by atoms with E-state index in [0.29, 0.717) is 32.3 Å². The van der Waals surface area contributed by atoms with Gasteiger partial charge < -0.3 is 24.0 Å². The average molecular weight is 1040 g/mol. The minimum absolute atomic E-state index is 0. The molecule has 0 rings (SSSR count). The third kappa shape index (κ3) is 47.1. The van der Waals surface area contributed by atoms with Crippen molar-refractivity contribution < 1.29 is 38.1 Å². The molecule has 0 fully saturated rings. The Hall–Kier alpha value is -2.65. The number of hydrogen-bond donors (Lipinski definition) is 0. The Morgan fingerprint density at radius 1 is 0.361 bits per heavy atom. The van der Waals surface area contributed by atoms with Crippen molar-refractivity contribution in [2.75, 3.05) is 40.5 Å². The lowest BCUT2D eigenvalue weighted by atomic mass is 9.90. The van der Waals surface area contributed by atoms with Crippen LogP contribution in [-0.4, -0.2) is 75.1 Å². The van der Waals surface area contributed by atoms with Gasteiger partial charge in [-0.2, -0.15) is 5.10 Å². The van der Waals surface area contributed by atoms with E-state index < -0.39 is 0 Å². The lowest BCUT2D eigenvalue weighted by Crippen LogP contribution is -2.26. The quantitative estimate of drug-likeness (QED) is 0.0196. The highest BCUT2D eigenvalue weighted by atomic mass is 16.5. The van der Waals surface area contributed by atoms with Crippen LogP contribution in [0.5, 0.6) is 0 Å². The molecule has 0 spiro atoms. The second kappa shape index (κ2) is 53.2. The van der Waals surface area contributed by atoms with E-state index in [2.05, 4.69) is 12.0 Å². The molecule has 442 valence electrons. The molecule has 0 aliphatic rings. The summed E-state index contributed by atoms with van der Waals surface area (Å²) >= 11 is 0. The summed E-state index contributed by atoms with van der Waals surface area (Å²) in [5.41, 5.74) is -0.256. The molecule has 0 aromatic heterocycles. The summed E-state index contributed by atoms with van der Waals surface area (Å²) in [7, 11) is 3.95. The highest BCUT2D eigenvalue weighted by molar-refractivity contribution is 5.84. The Bertz CT molecular complexity index is 1180. The molecule has 72 heavy (non-hydrogen) atoms. The van der Waals surface area contributed by atoms with E-state index in [0.717, 1.165) is 103 Å². The fraction of sp³-hybridized carbons (Fsp3) is 0.919. The van der Waals surface area contributed by atoms with Gasteiger partial charge >= 0.3 is 23.9 Å². The normalized spacial score (nSPS) is 11.0. The molecule has 0 aromatic rings. The summed E-state index contributed by atoms with van der Waals surface area (Å²) in [5.74, 6) is 0.201. The van der Waals surface area contributed by atoms with Gasteiger partial charge in [-0.15, -0.1) is 0 Å². The van der Waals surface area contributed by atoms with Crippen LogP contribution in [-0.2, 0) is 38.1 Å². The van der Waals surface area contributed by atoms with E-state index in [4.69, 9.17) is 18.9 Å². The Balaban J connectivity index is -0.000000122. The van der Waals surface area contributed by atoms with Crippen molar-refractivity contribution in [3.05, 3.63) is 0 Å². The van der Waals surface area contributed by atoms with Gasteiger partial charge in [0.25, 0.3) is 0 Å². The lowest BCUT2D eigenvalue weighted by Gasteiger charge is -2.20. The summed E-state index contributed by atoms with van der Waals surface area (Å²) in [6.07, 6.45) is 27.4. The predicted octanol–water partition coefficient (Wildman–Crippen LogP) is 19.7. The molecule has 0 heterocycles. The molecule has 0 radical (unpaired) electrons. The van der Waals surface area contributed by atoms with Crippen LogP contribution in [0.1, 0.15) is 310 Å². The third-order valence-corrected chi connectivity index (χ3v) is 13.3. The summed E-state index contributed by atoms with van der Waals surface area (Å²) in [4.78, 5) is 47.8. The molecular formula is C62H136N2O8. The maximum Gasteiger partial charge on any atom is 0.311 e. The zero-order valence-electron chi connectivity index (χ0n) is 44.7. The number of nitrogens with zero attached hydrogens (tertiary/aromatic N) is 2. The van der Waals surface area contributed by atoms with Gasteiger partial charge in [-0.3, -0.25) is 19.2 Å². The monoisotopic (exact) mass is 1040 g/mol. The SMILES string of the molecule is C.C.C.C.C.C.C.C.CCC(C)(C)C(=O)OCCCCCCC(CCCCCCOC(=O)C(C)(C)CC)/C(C)=N/N(C)C.CCC(C)(C)C(=O)OCCCCCCCCCCCCCOC(=O)C(C)(C)CC. The van der Waals surface area contributed by atoms with Crippen molar-refractivity contribution in [2.45, 2.75) is 310 Å². The van der Waals surface area contributed by atoms with E-state index in [1.54, 1.807) is 0 Å². The maximum atomic E-state index is 12.0. The second-order valence-corrected chi connectivity index (χ2v) is 21.1. The van der Waals surface area contributed by atoms with Gasteiger partial charge in [0, 0.05) is 19.8 Å². The van der Waals surface area contributed by atoms with E-state index in [-0.39, 0.29) is 105 Å². The zero-order chi connectivity index (χ0) is 49.1. The molecular weight excluding hydrogens is 901 g/mol. The van der Waals surface area contributed by atoms with Crippen molar-refractivity contribution in [1.82, 2.24) is 5.01 Å². The number of esters is 4. The van der Waals surface area contributed by atoms with Crippen molar-refractivity contribution in [3.63, 3.8) is 0 Å². The Morgan fingerprint density at radius 3 is 0.722 bits per heavy atom. The molecule has 10 nitrogen and oxygen atoms in total. The number of carbonyl (C=O) groups is 4. The number of rotatable bonds is 38. The average Bonchev–Trinajstić information content (AvgIpc) is 3.25. The van der Waals surface area contributed by atoms with Gasteiger partial charge in [0.1, 0.15) is 0 Å². The molecule has 0 saturated carbocycles. The van der Waals surface area contributed by atoms with E-state index >= 15 is 0 Å². The van der Waals surface area contributed by atoms with Crippen LogP contribution < -0.4 is 0 Å². The molecule has 0 aliphatic carbocycles. The molecule has 10 heteroatoms. The standard InChI is InChI=1S/C29H56N2O4.C25H48O4.8CH4/c1-10-28(4,5)26(32)34-22-18-14-12-16-20-25(24(3)30-31(8)9)21-17-13-15-19-23-35-27(33)29(6,7)11-2;1-7-24(3,4)22(26)28-20-18-16-14-12-10-9-11-13-15-17-19-21-29-23(27)25(5,6)8-2;;;;;;;;/h25H,10-23H2,1-9H3;7-21H2,1-6H3;8*1H4/b30-24+;;;;;;;;;. The van der Waals surface area contributed by atoms with Crippen molar-refractivity contribution in [1.29, 1.82) is 0 Å². The van der Waals surface area contributed by atoms with Crippen LogP contribution in [0, 0.1) is 27.6 Å². The smallest absolute Gasteiger partial charge is 0.311 e. The summed E-state index contributed by atoms with van der Waals surface area (Å²) in [5, 5.41) is 6.56. The molecule has 0 aliphatic heterocycles. The zero-order valence-corrected chi connectivity index (χ0v) is 44.7. The Morgan fingerprint density at radius 2 is 0.542 bits per heavy atom. The van der Waals surface area contributed by atoms with Gasteiger partial charge in [-0.05, 0) is 132 Å². The first-order valence-electron chi connectivity index (χ1n) is 26.0. The first kappa shape index (κ1) is 92.0. The molecule has 0 amide bonds. The van der Waals surface area contributed by atoms with Crippen molar-refractivity contribution in [2.24, 2.45) is 32.7 Å². The van der Waals surface area contributed by atoms with Crippen LogP contribution >= 0.6 is 0 Å². The minimum atomic E-state index is -0.382. The predicted molar refractivity (Wildman–Crippen MR) is 321 cm³/mol. The maximum absolute atomic E-state index is 12.0. The number of ether oxygens (including phenoxy) is 4. The molecule has 0 unspecified atom stereocenters. The second-order valence-electron chi connectivity index (χ2n) is 21.1. The van der Waals surface area contributed by atoms with Gasteiger partial charge in [-0.25, -0.2) is 0 Å². The number of carbonyl (C=O) groups excluding carboxylic acids is 4. The largest absolute Gasteiger partial charge is 0.465 e. The highest BCUT2D eigenvalue weighted by Crippen LogP contribution is 2.25. The van der Waals surface area contributed by atoms with Gasteiger partial charge in [-0.1, -0.05) is 183 Å². The molecule has 0 N–H and O–H groups in total.